The number of nitro groups is 1. The second-order valence-electron chi connectivity index (χ2n) is 10.6. The Morgan fingerprint density at radius 1 is 1.02 bits per heavy atom. The van der Waals surface area contributed by atoms with E-state index in [9.17, 15) is 23.3 Å². The molecule has 1 rings (SSSR count). The molecule has 0 N–H and O–H groups in total. The van der Waals surface area contributed by atoms with Crippen molar-refractivity contribution in [3.8, 4) is 0 Å². The van der Waals surface area contributed by atoms with E-state index in [0.717, 1.165) is 42.1 Å². The van der Waals surface area contributed by atoms with Gasteiger partial charge in [-0.25, -0.2) is 12.7 Å². The number of hydrogen-bond acceptors (Lipinski definition) is 7. The Morgan fingerprint density at radius 3 is 2.35 bits per heavy atom. The van der Waals surface area contributed by atoms with Gasteiger partial charge in [-0.1, -0.05) is 69.2 Å². The lowest BCUT2D eigenvalue weighted by Gasteiger charge is -2.28. The summed E-state index contributed by atoms with van der Waals surface area (Å²) >= 11 is 5.58. The van der Waals surface area contributed by atoms with Crippen LogP contribution in [0, 0.1) is 22.0 Å². The number of carbonyl (C=O) groups excluding carboxylic acids is 1. The number of benzene rings is 1. The molecule has 0 saturated carbocycles. The predicted molar refractivity (Wildman–Crippen MR) is 172 cm³/mol. The molecule has 1 amide bonds. The fourth-order valence-electron chi connectivity index (χ4n) is 4.46. The van der Waals surface area contributed by atoms with Crippen LogP contribution >= 0.6 is 11.6 Å². The lowest BCUT2D eigenvalue weighted by atomic mass is 9.90. The number of nitrogens with zero attached hydrogens (tertiary/aromatic N) is 2. The van der Waals surface area contributed by atoms with E-state index in [-0.39, 0.29) is 41.5 Å². The van der Waals surface area contributed by atoms with Crippen molar-refractivity contribution in [3.63, 3.8) is 0 Å². The first kappa shape index (κ1) is 38.5. The van der Waals surface area contributed by atoms with Crippen LogP contribution in [0.3, 0.4) is 0 Å². The molecule has 0 aromatic heterocycles. The second-order valence-corrected chi connectivity index (χ2v) is 12.7. The topological polar surface area (TPSA) is 116 Å². The normalized spacial score (nSPS) is 14.4. The number of unbranched alkanes of at least 4 members (excludes halogenated alkanes) is 1. The van der Waals surface area contributed by atoms with Gasteiger partial charge in [0, 0.05) is 37.2 Å². The summed E-state index contributed by atoms with van der Waals surface area (Å²) in [5.41, 5.74) is 1.24. The molecule has 0 aliphatic rings. The molecule has 0 saturated heterocycles. The minimum atomic E-state index is -4.20. The van der Waals surface area contributed by atoms with Gasteiger partial charge in [-0.3, -0.25) is 14.9 Å². The van der Waals surface area contributed by atoms with Crippen molar-refractivity contribution < 1.29 is 27.6 Å². The maximum atomic E-state index is 13.6. The summed E-state index contributed by atoms with van der Waals surface area (Å²) in [5.74, 6) is -0.200. The molecule has 1 aromatic rings. The Bertz CT molecular complexity index is 1140. The van der Waals surface area contributed by atoms with Gasteiger partial charge in [0.05, 0.1) is 29.1 Å². The zero-order valence-electron chi connectivity index (χ0n) is 26.0. The Hall–Kier alpha value is -2.53. The Kier molecular flexibility index (Phi) is 19.7. The van der Waals surface area contributed by atoms with Crippen LogP contribution in [0.15, 0.2) is 65.1 Å². The molecule has 0 heterocycles. The van der Waals surface area contributed by atoms with Crippen LogP contribution in [0.2, 0.25) is 0 Å². The molecule has 242 valence electrons. The van der Waals surface area contributed by atoms with Crippen LogP contribution in [0.25, 0.3) is 0 Å². The molecule has 0 aliphatic carbocycles. The van der Waals surface area contributed by atoms with E-state index in [0.29, 0.717) is 39.1 Å². The first-order valence-corrected chi connectivity index (χ1v) is 17.0. The molecule has 0 spiro atoms. The lowest BCUT2D eigenvalue weighted by molar-refractivity contribution is -0.384. The smallest absolute Gasteiger partial charge is 0.269 e. The first-order valence-electron chi connectivity index (χ1n) is 15.1. The van der Waals surface area contributed by atoms with Crippen molar-refractivity contribution in [2.75, 3.05) is 26.4 Å². The summed E-state index contributed by atoms with van der Waals surface area (Å²) in [5, 5.41) is 11.1. The van der Waals surface area contributed by atoms with Crippen LogP contribution < -0.4 is 0 Å². The number of nitro benzene ring substituents is 1. The number of sulfonamides is 1. The van der Waals surface area contributed by atoms with E-state index < -0.39 is 20.9 Å². The Morgan fingerprint density at radius 2 is 1.72 bits per heavy atom. The molecule has 11 heteroatoms. The Balaban J connectivity index is 3.05. The van der Waals surface area contributed by atoms with Crippen molar-refractivity contribution in [3.05, 3.63) is 70.3 Å². The number of hydrogen-bond donors (Lipinski definition) is 0. The summed E-state index contributed by atoms with van der Waals surface area (Å²) in [7, 11) is -4.20. The van der Waals surface area contributed by atoms with Gasteiger partial charge in [-0.2, -0.15) is 0 Å². The fourth-order valence-corrected chi connectivity index (χ4v) is 5.98. The predicted octanol–water partition coefficient (Wildman–Crippen LogP) is 7.81. The monoisotopic (exact) mass is 640 g/mol. The molecule has 43 heavy (non-hydrogen) atoms. The van der Waals surface area contributed by atoms with Crippen LogP contribution in [0.5, 0.6) is 0 Å². The molecular formula is C32H49ClN2O7S. The van der Waals surface area contributed by atoms with E-state index in [4.69, 9.17) is 21.1 Å². The maximum Gasteiger partial charge on any atom is 0.269 e. The lowest BCUT2D eigenvalue weighted by Crippen LogP contribution is -2.38. The molecule has 1 unspecified atom stereocenters. The minimum Gasteiger partial charge on any atom is -0.379 e. The molecule has 0 radical (unpaired) electrons. The van der Waals surface area contributed by atoms with Crippen molar-refractivity contribution in [2.45, 2.75) is 90.1 Å². The molecule has 3 atom stereocenters. The van der Waals surface area contributed by atoms with E-state index in [2.05, 4.69) is 19.9 Å². The van der Waals surface area contributed by atoms with Crippen molar-refractivity contribution >= 4 is 33.2 Å². The average Bonchev–Trinajstić information content (AvgIpc) is 2.98. The fraction of sp³-hybridized carbons (Fsp3) is 0.594. The molecule has 1 aromatic carbocycles. The van der Waals surface area contributed by atoms with Crippen molar-refractivity contribution in [1.82, 2.24) is 4.31 Å². The van der Waals surface area contributed by atoms with Crippen LogP contribution in [0.4, 0.5) is 5.69 Å². The highest BCUT2D eigenvalue weighted by Gasteiger charge is 2.30. The summed E-state index contributed by atoms with van der Waals surface area (Å²) in [6, 6.07) is 4.63. The summed E-state index contributed by atoms with van der Waals surface area (Å²) in [6.07, 6.45) is 14.8. The number of halogens is 1. The summed E-state index contributed by atoms with van der Waals surface area (Å²) in [4.78, 5) is 23.6. The van der Waals surface area contributed by atoms with Crippen molar-refractivity contribution in [1.29, 1.82) is 0 Å². The van der Waals surface area contributed by atoms with Crippen LogP contribution in [-0.4, -0.2) is 56.0 Å². The van der Waals surface area contributed by atoms with E-state index >= 15 is 0 Å². The van der Waals surface area contributed by atoms with Crippen LogP contribution in [-0.2, 0) is 24.3 Å². The number of allylic oxidation sites excluding steroid dienone is 5. The number of carbonyl (C=O) groups is 1. The first-order chi connectivity index (χ1) is 20.6. The van der Waals surface area contributed by atoms with Crippen LogP contribution in [0.1, 0.15) is 79.1 Å². The third-order valence-electron chi connectivity index (χ3n) is 7.03. The van der Waals surface area contributed by atoms with Crippen molar-refractivity contribution in [2.24, 2.45) is 11.8 Å². The molecular weight excluding hydrogens is 592 g/mol. The number of rotatable bonds is 23. The van der Waals surface area contributed by atoms with E-state index in [1.807, 2.05) is 32.1 Å². The second kappa shape index (κ2) is 22.0. The highest BCUT2D eigenvalue weighted by atomic mass is 35.5. The summed E-state index contributed by atoms with van der Waals surface area (Å²) < 4.78 is 39.8. The number of amides is 1. The standard InChI is InChI=1S/C32H49ClN2O7S/c1-5-7-8-9-13-16-32(36)34(43(39,40)30-19-17-29(18-20-30)35(37)38)23-21-27(3)26-31(42-25-24-41-6-2)28(4)15-12-10-11-14-22-33/h8-11,14,17-20,22,27-28,31H,5-7,12-13,15-16,21,23-26H2,1-4H3/b9-8+,11-10+,22-14+/t27-,28+,31?/m1/s1. The molecule has 0 aliphatic heterocycles. The molecule has 9 nitrogen and oxygen atoms in total. The van der Waals surface area contributed by atoms with Gasteiger partial charge < -0.3 is 9.47 Å². The van der Waals surface area contributed by atoms with Gasteiger partial charge in [0.25, 0.3) is 15.7 Å². The SMILES string of the molecule is CCC/C=C/CCC(=O)N(CC[C@@H](C)CC(OCCOCC)[C@@H](C)CC/C=C/C=C/Cl)S(=O)(=O)c1ccc([N+](=O)[O-])cc1. The third-order valence-corrected chi connectivity index (χ3v) is 9.01. The molecule has 0 fully saturated rings. The van der Waals surface area contributed by atoms with Gasteiger partial charge in [0.2, 0.25) is 5.91 Å². The van der Waals surface area contributed by atoms with Gasteiger partial charge in [-0.15, -0.1) is 0 Å². The minimum absolute atomic E-state index is 0.00550. The summed E-state index contributed by atoms with van der Waals surface area (Å²) in [6.45, 7) is 9.75. The van der Waals surface area contributed by atoms with Gasteiger partial charge >= 0.3 is 0 Å². The van der Waals surface area contributed by atoms with Gasteiger partial charge in [-0.05, 0) is 69.4 Å². The highest BCUT2D eigenvalue weighted by Crippen LogP contribution is 2.26. The quantitative estimate of drug-likeness (QED) is 0.0394. The largest absolute Gasteiger partial charge is 0.379 e. The Labute approximate surface area is 263 Å². The zero-order valence-corrected chi connectivity index (χ0v) is 27.6. The number of ether oxygens (including phenoxy) is 2. The van der Waals surface area contributed by atoms with E-state index in [1.165, 1.54) is 17.7 Å². The average molecular weight is 641 g/mol. The maximum absolute atomic E-state index is 13.6. The van der Waals surface area contributed by atoms with Gasteiger partial charge in [0.1, 0.15) is 0 Å². The number of non-ortho nitro benzene ring substituents is 1. The highest BCUT2D eigenvalue weighted by molar-refractivity contribution is 7.89. The molecule has 0 bridgehead atoms. The van der Waals surface area contributed by atoms with E-state index in [1.54, 1.807) is 6.08 Å². The van der Waals surface area contributed by atoms with Gasteiger partial charge in [0.15, 0.2) is 0 Å². The zero-order chi connectivity index (χ0) is 32.1. The third kappa shape index (κ3) is 15.2.